The summed E-state index contributed by atoms with van der Waals surface area (Å²) >= 11 is 9.89. The van der Waals surface area contributed by atoms with Crippen LogP contribution in [0.1, 0.15) is 209 Å². The minimum absolute atomic E-state index is 0. The lowest BCUT2D eigenvalue weighted by atomic mass is 9.89. The van der Waals surface area contributed by atoms with Gasteiger partial charge in [-0.05, 0) is 333 Å². The number of rotatable bonds is 13. The summed E-state index contributed by atoms with van der Waals surface area (Å²) in [6.45, 7) is 21.6. The van der Waals surface area contributed by atoms with Crippen LogP contribution in [0.5, 0.6) is 0 Å². The number of nitrogens with zero attached hydrogens (tertiary/aromatic N) is 9. The van der Waals surface area contributed by atoms with Crippen molar-refractivity contribution in [1.82, 2.24) is 20.0 Å². The molecule has 7 heterocycles. The van der Waals surface area contributed by atoms with Gasteiger partial charge in [-0.15, -0.1) is 69.7 Å². The van der Waals surface area contributed by atoms with Crippen LogP contribution in [0, 0.1) is 5.41 Å². The summed E-state index contributed by atoms with van der Waals surface area (Å²) in [4.78, 5) is 65.0. The van der Waals surface area contributed by atoms with Gasteiger partial charge in [0.05, 0.1) is 26.0 Å². The highest BCUT2D eigenvalue weighted by molar-refractivity contribution is 14.0. The standard InChI is InChI=1S/C25H34N4O2S.C20H29BrN2O2.C20H26N4S.C20H31N3O2.C6H7NS2.CH4.HI/c1-25(2,3)31-24(30)28(4)19-8-10-20(11-9-19)29-14-13-17-16-18(7-12-21(17)29)27-23(26)22-6-5-15-32-22;1-20(2,3)25-19(24)22(4)16-6-8-17(9-7-16)23-12-11-14-13-15(21)5-10-18(14)23;1-22-15-4-7-17(8-5-15)24-11-10-14-13-16(6-9-18(14)24)23-20(21)19-3-2-12-25-19;1-20(2,3)25-19(24)22(4)16-6-8-17(9-7-16)23-12-11-14-13-15(21)5-10-18(14)23;1-8-6(7)5-3-2-4-9-5;;/h5-7,12,15-16,19-20H,8-11,13-14H2,1-4H3,(H2,26,27);5,10,13,16-17H,6-9,11-12H2,1-4H3;2-3,6,9,12-13,15,17,22H,4-5,7-8,10-11H2,1H3,(H2,21,23);5,10,13,16-17H,6-9,11-12,21H2,1-4H3;2-4,7H,1H3;1H4;1H. The van der Waals surface area contributed by atoms with E-state index in [1.165, 1.54) is 82.4 Å². The molecule has 8 aliphatic rings. The number of anilines is 5. The number of carbonyl (C=O) groups excluding carboxylic acids is 3. The van der Waals surface area contributed by atoms with Crippen molar-refractivity contribution in [3.63, 3.8) is 0 Å². The number of hydrogen-bond acceptors (Lipinski definition) is 19. The normalized spacial score (nSPS) is 21.4. The first-order valence-electron chi connectivity index (χ1n) is 41.8. The second-order valence-corrected chi connectivity index (χ2v) is 39.6. The van der Waals surface area contributed by atoms with Crippen LogP contribution in [0.4, 0.5) is 54.2 Å². The number of carbonyl (C=O) groups is 3. The average molecular weight is 1870 g/mol. The fourth-order valence-electron chi connectivity index (χ4n) is 17.5. The molecule has 8 N–H and O–H groups in total. The molecule has 4 aromatic carbocycles. The van der Waals surface area contributed by atoms with Gasteiger partial charge in [-0.2, -0.15) is 0 Å². The summed E-state index contributed by atoms with van der Waals surface area (Å²) in [5, 5.41) is 17.5. The summed E-state index contributed by atoms with van der Waals surface area (Å²) in [7, 11) is 7.70. The van der Waals surface area contributed by atoms with E-state index in [0.717, 1.165) is 165 Å². The molecule has 7 aromatic rings. The van der Waals surface area contributed by atoms with Crippen molar-refractivity contribution in [2.45, 2.75) is 263 Å². The molecule has 0 unspecified atom stereocenters. The third-order valence-corrected chi connectivity index (χ3v) is 27.5. The second-order valence-electron chi connectivity index (χ2n) is 35.0. The first kappa shape index (κ1) is 94.8. The van der Waals surface area contributed by atoms with Gasteiger partial charge in [0.2, 0.25) is 0 Å². The highest BCUT2D eigenvalue weighted by Gasteiger charge is 2.38. The zero-order valence-corrected chi connectivity index (χ0v) is 78.5. The molecule has 644 valence electrons. The lowest BCUT2D eigenvalue weighted by Crippen LogP contribution is -2.45. The number of halogens is 2. The molecule has 0 spiro atoms. The number of nitrogens with two attached hydrogens (primary N) is 3. The van der Waals surface area contributed by atoms with Crippen molar-refractivity contribution >= 4 is 160 Å². The third-order valence-electron chi connectivity index (χ3n) is 23.5. The van der Waals surface area contributed by atoms with Gasteiger partial charge in [0.1, 0.15) is 33.5 Å². The van der Waals surface area contributed by atoms with E-state index in [9.17, 15) is 14.4 Å². The van der Waals surface area contributed by atoms with Gasteiger partial charge in [-0.1, -0.05) is 41.6 Å². The summed E-state index contributed by atoms with van der Waals surface area (Å²) in [5.74, 6) is 1.18. The van der Waals surface area contributed by atoms with E-state index in [1.807, 2.05) is 148 Å². The Kier molecular flexibility index (Phi) is 34.6. The van der Waals surface area contributed by atoms with Crippen LogP contribution in [-0.4, -0.2) is 175 Å². The Morgan fingerprint density at radius 3 is 1.09 bits per heavy atom. The first-order chi connectivity index (χ1) is 55.3. The number of hydrogen-bond donors (Lipinski definition) is 5. The molecule has 0 saturated heterocycles. The molecular weight excluding hydrogens is 1730 g/mol. The van der Waals surface area contributed by atoms with E-state index < -0.39 is 16.8 Å². The van der Waals surface area contributed by atoms with Gasteiger partial charge in [-0.25, -0.2) is 24.4 Å². The molecule has 15 rings (SSSR count). The molecule has 4 saturated carbocycles. The highest BCUT2D eigenvalue weighted by Crippen LogP contribution is 2.42. The Bertz CT molecular complexity index is 4330. The number of nitrogen functional groups attached to an aromatic ring is 1. The molecule has 0 radical (unpaired) electrons. The maximum Gasteiger partial charge on any atom is 0.410 e. The van der Waals surface area contributed by atoms with E-state index in [4.69, 9.17) is 36.8 Å². The largest absolute Gasteiger partial charge is 0.444 e. The topological polar surface area (TPSA) is 240 Å². The summed E-state index contributed by atoms with van der Waals surface area (Å²) in [6.07, 6.45) is 23.6. The fraction of sp³-hybridized carbons (Fsp3) is 0.543. The molecule has 20 nitrogen and oxygen atoms in total. The van der Waals surface area contributed by atoms with Crippen LogP contribution >= 0.6 is 85.7 Å². The lowest BCUT2D eigenvalue weighted by molar-refractivity contribution is 0.0173. The molecule has 118 heavy (non-hydrogen) atoms. The molecule has 0 bridgehead atoms. The Morgan fingerprint density at radius 1 is 0.475 bits per heavy atom. The third kappa shape index (κ3) is 26.0. The van der Waals surface area contributed by atoms with Crippen LogP contribution < -0.4 is 42.1 Å². The van der Waals surface area contributed by atoms with Gasteiger partial charge in [0.25, 0.3) is 0 Å². The van der Waals surface area contributed by atoms with Gasteiger partial charge in [0.15, 0.2) is 0 Å². The second kappa shape index (κ2) is 43.1. The van der Waals surface area contributed by atoms with Crippen LogP contribution in [0.25, 0.3) is 0 Å². The van der Waals surface area contributed by atoms with Gasteiger partial charge in [0, 0.05) is 129 Å². The zero-order chi connectivity index (χ0) is 83.2. The zero-order valence-electron chi connectivity index (χ0n) is 71.3. The number of nitrogens with one attached hydrogen (secondary N) is 2. The number of thiophene rings is 3. The van der Waals surface area contributed by atoms with E-state index in [2.05, 4.69) is 125 Å². The van der Waals surface area contributed by atoms with Crippen molar-refractivity contribution in [2.24, 2.45) is 21.5 Å². The molecule has 4 aliphatic carbocycles. The van der Waals surface area contributed by atoms with Crippen molar-refractivity contribution in [3.8, 4) is 0 Å². The Balaban J connectivity index is 0.000000173. The minimum Gasteiger partial charge on any atom is -0.444 e. The average Bonchev–Trinajstić information content (AvgIpc) is 1.65. The van der Waals surface area contributed by atoms with Gasteiger partial charge >= 0.3 is 18.3 Å². The molecule has 4 aliphatic heterocycles. The summed E-state index contributed by atoms with van der Waals surface area (Å²) < 4.78 is 17.7. The summed E-state index contributed by atoms with van der Waals surface area (Å²) in [6, 6.07) is 41.7. The first-order valence-corrected chi connectivity index (χ1v) is 46.4. The van der Waals surface area contributed by atoms with Crippen LogP contribution in [-0.2, 0) is 39.9 Å². The smallest absolute Gasteiger partial charge is 0.410 e. The van der Waals surface area contributed by atoms with Crippen molar-refractivity contribution in [1.29, 1.82) is 5.41 Å². The number of amidine groups is 2. The highest BCUT2D eigenvalue weighted by atomic mass is 127. The quantitative estimate of drug-likeness (QED) is 0.0237. The molecule has 4 fully saturated rings. The van der Waals surface area contributed by atoms with Gasteiger partial charge < -0.3 is 71.0 Å². The molecule has 3 aromatic heterocycles. The Morgan fingerprint density at radius 2 is 0.780 bits per heavy atom. The van der Waals surface area contributed by atoms with E-state index in [0.29, 0.717) is 46.9 Å². The van der Waals surface area contributed by atoms with Gasteiger partial charge in [-0.3, -0.25) is 5.41 Å². The molecule has 0 atom stereocenters. The Labute approximate surface area is 745 Å². The van der Waals surface area contributed by atoms with E-state index in [1.54, 1.807) is 48.7 Å². The Hall–Kier alpha value is -7.08. The number of ether oxygens (including phenoxy) is 3. The number of amides is 3. The van der Waals surface area contributed by atoms with Crippen LogP contribution in [0.15, 0.2) is 140 Å². The molecular formula is C92H132BrIN14O6S4. The maximum atomic E-state index is 12.4. The predicted molar refractivity (Wildman–Crippen MR) is 514 cm³/mol. The predicted octanol–water partition coefficient (Wildman–Crippen LogP) is 21.5. The van der Waals surface area contributed by atoms with Crippen LogP contribution in [0.3, 0.4) is 0 Å². The van der Waals surface area contributed by atoms with E-state index >= 15 is 0 Å². The van der Waals surface area contributed by atoms with Crippen LogP contribution in [0.2, 0.25) is 0 Å². The lowest BCUT2D eigenvalue weighted by Gasteiger charge is -2.39. The van der Waals surface area contributed by atoms with E-state index in [-0.39, 0.29) is 67.8 Å². The SMILES string of the molecule is C.CN(C(=O)OC(C)(C)C)C1CCC(N2CCc3cc(Br)ccc32)CC1.CN(C(=O)OC(C)(C)C)C1CCC(N2CCc3cc(N)ccc32)CC1.CN(C(=O)OC(C)(C)C)C1CCC(N2CCc3cc(N=C(N)c4cccs4)ccc32)CC1.CNC1CCC(N2CCc3cc(N=C(N)c4cccs4)ccc32)CC1.CSC(=N)c1cccs1.I. The number of fused-ring (bicyclic) bond motifs is 4. The maximum absolute atomic E-state index is 12.4. The van der Waals surface area contributed by atoms with Crippen molar-refractivity contribution < 1.29 is 28.6 Å². The minimum atomic E-state index is -0.459. The molecule has 3 amide bonds. The monoisotopic (exact) mass is 1860 g/mol. The number of aliphatic imine (C=N–C) groups is 2. The number of benzene rings is 4. The fourth-order valence-corrected chi connectivity index (χ4v) is 20.4. The number of thioether (sulfide) groups is 1. The van der Waals surface area contributed by atoms with Crippen molar-refractivity contribution in [3.05, 3.63) is 167 Å². The molecule has 26 heteroatoms. The summed E-state index contributed by atoms with van der Waals surface area (Å²) in [5.41, 5.74) is 30.6. The van der Waals surface area contributed by atoms with Crippen molar-refractivity contribution in [2.75, 3.05) is 86.0 Å².